The van der Waals surface area contributed by atoms with Gasteiger partial charge in [0.05, 0.1) is 29.7 Å². The molecular formula is C27H26N4O4S2. The maximum atomic E-state index is 13.8. The van der Waals surface area contributed by atoms with Gasteiger partial charge >= 0.3 is 0 Å². The quantitative estimate of drug-likeness (QED) is 0.137. The van der Waals surface area contributed by atoms with Gasteiger partial charge < -0.3 is 9.15 Å². The smallest absolute Gasteiger partial charge is 0.267 e. The lowest BCUT2D eigenvalue weighted by atomic mass is 9.97. The van der Waals surface area contributed by atoms with Gasteiger partial charge in [-0.25, -0.2) is 10.4 Å². The second-order valence-corrected chi connectivity index (χ2v) is 10.4. The number of hydrazone groups is 1. The Morgan fingerprint density at radius 3 is 2.89 bits per heavy atom. The lowest BCUT2D eigenvalue weighted by Gasteiger charge is -2.14. The Morgan fingerprint density at radius 2 is 2.11 bits per heavy atom. The molecule has 1 aliphatic carbocycles. The van der Waals surface area contributed by atoms with E-state index in [1.807, 2.05) is 37.3 Å². The molecule has 0 aliphatic heterocycles. The number of fused-ring (bicyclic) bond motifs is 3. The van der Waals surface area contributed by atoms with Gasteiger partial charge in [0.2, 0.25) is 0 Å². The van der Waals surface area contributed by atoms with Gasteiger partial charge in [-0.2, -0.15) is 5.10 Å². The molecule has 0 radical (unpaired) electrons. The van der Waals surface area contributed by atoms with Crippen molar-refractivity contribution < 1.29 is 13.9 Å². The number of thioether (sulfide) groups is 1. The fraction of sp³-hybridized carbons (Fsp3) is 0.259. The first-order valence-electron chi connectivity index (χ1n) is 12.1. The second-order valence-electron chi connectivity index (χ2n) is 8.33. The van der Waals surface area contributed by atoms with Crippen molar-refractivity contribution in [1.29, 1.82) is 0 Å². The molecule has 10 heteroatoms. The average Bonchev–Trinajstić information content (AvgIpc) is 3.56. The van der Waals surface area contributed by atoms with Gasteiger partial charge in [0.25, 0.3) is 11.5 Å². The average molecular weight is 535 g/mol. The van der Waals surface area contributed by atoms with Gasteiger partial charge in [0, 0.05) is 11.1 Å². The number of aryl methyl sites for hydroxylation is 2. The van der Waals surface area contributed by atoms with Crippen LogP contribution in [0.25, 0.3) is 22.0 Å². The van der Waals surface area contributed by atoms with Gasteiger partial charge in [-0.3, -0.25) is 14.2 Å². The van der Waals surface area contributed by atoms with Gasteiger partial charge in [-0.1, -0.05) is 11.8 Å². The van der Waals surface area contributed by atoms with Gasteiger partial charge in [0.15, 0.2) is 5.16 Å². The summed E-state index contributed by atoms with van der Waals surface area (Å²) < 4.78 is 12.4. The van der Waals surface area contributed by atoms with Crippen LogP contribution in [-0.2, 0) is 17.6 Å². The van der Waals surface area contributed by atoms with E-state index in [2.05, 4.69) is 10.5 Å². The van der Waals surface area contributed by atoms with E-state index in [9.17, 15) is 9.59 Å². The fourth-order valence-electron chi connectivity index (χ4n) is 4.21. The number of carbonyl (C=O) groups excluding carboxylic acids is 1. The summed E-state index contributed by atoms with van der Waals surface area (Å²) >= 11 is 2.81. The van der Waals surface area contributed by atoms with Crippen LogP contribution in [0.15, 0.2) is 68.2 Å². The van der Waals surface area contributed by atoms with Crippen LogP contribution in [0, 0.1) is 0 Å². The van der Waals surface area contributed by atoms with E-state index < -0.39 is 0 Å². The summed E-state index contributed by atoms with van der Waals surface area (Å²) in [6.45, 7) is 2.49. The number of amides is 1. The molecule has 8 nitrogen and oxygen atoms in total. The second kappa shape index (κ2) is 11.6. The van der Waals surface area contributed by atoms with E-state index in [0.29, 0.717) is 28.6 Å². The monoisotopic (exact) mass is 534 g/mol. The number of nitrogens with one attached hydrogen (secondary N) is 1. The first-order valence-corrected chi connectivity index (χ1v) is 13.9. The van der Waals surface area contributed by atoms with E-state index in [1.165, 1.54) is 22.9 Å². The third kappa shape index (κ3) is 5.70. The van der Waals surface area contributed by atoms with Crippen LogP contribution in [0.3, 0.4) is 0 Å². The molecule has 0 saturated heterocycles. The predicted molar refractivity (Wildman–Crippen MR) is 148 cm³/mol. The van der Waals surface area contributed by atoms with Crippen LogP contribution in [0.1, 0.15) is 36.0 Å². The van der Waals surface area contributed by atoms with Gasteiger partial charge in [-0.05, 0) is 86.7 Å². The predicted octanol–water partition coefficient (Wildman–Crippen LogP) is 5.23. The summed E-state index contributed by atoms with van der Waals surface area (Å²) in [6, 6.07) is 11.0. The van der Waals surface area contributed by atoms with E-state index in [0.717, 1.165) is 41.8 Å². The third-order valence-electron chi connectivity index (χ3n) is 5.85. The van der Waals surface area contributed by atoms with Crippen molar-refractivity contribution in [3.63, 3.8) is 0 Å². The summed E-state index contributed by atoms with van der Waals surface area (Å²) in [7, 11) is 0. The number of nitrogens with zero attached hydrogens (tertiary/aromatic N) is 3. The minimum atomic E-state index is -0.300. The maximum absolute atomic E-state index is 13.8. The van der Waals surface area contributed by atoms with E-state index in [1.54, 1.807) is 40.4 Å². The van der Waals surface area contributed by atoms with E-state index in [4.69, 9.17) is 14.1 Å². The van der Waals surface area contributed by atoms with Crippen molar-refractivity contribution >= 4 is 51.5 Å². The lowest BCUT2D eigenvalue weighted by molar-refractivity contribution is -0.118. The molecule has 1 aliphatic rings. The Bertz CT molecular complexity index is 1500. The zero-order valence-electron chi connectivity index (χ0n) is 20.3. The van der Waals surface area contributed by atoms with Crippen LogP contribution in [0.2, 0.25) is 0 Å². The van der Waals surface area contributed by atoms with Crippen molar-refractivity contribution in [3.8, 4) is 11.4 Å². The fourth-order valence-corrected chi connectivity index (χ4v) is 6.32. The van der Waals surface area contributed by atoms with Crippen LogP contribution in [0.5, 0.6) is 5.75 Å². The molecule has 0 spiro atoms. The zero-order valence-corrected chi connectivity index (χ0v) is 21.9. The first-order chi connectivity index (χ1) is 18.1. The number of allylic oxidation sites excluding steroid dienone is 1. The molecule has 0 atom stereocenters. The van der Waals surface area contributed by atoms with Crippen LogP contribution in [-0.4, -0.2) is 34.0 Å². The first kappa shape index (κ1) is 25.0. The number of furan rings is 1. The van der Waals surface area contributed by atoms with Crippen molar-refractivity contribution in [2.24, 2.45) is 5.10 Å². The van der Waals surface area contributed by atoms with Gasteiger partial charge in [-0.15, -0.1) is 11.3 Å². The van der Waals surface area contributed by atoms with Crippen LogP contribution < -0.4 is 15.7 Å². The van der Waals surface area contributed by atoms with E-state index >= 15 is 0 Å². The summed E-state index contributed by atoms with van der Waals surface area (Å²) in [5.74, 6) is 1.18. The highest BCUT2D eigenvalue weighted by atomic mass is 32.2. The molecule has 4 aromatic rings. The number of ether oxygens (including phenoxy) is 1. The molecule has 5 rings (SSSR count). The van der Waals surface area contributed by atoms with Crippen LogP contribution in [0.4, 0.5) is 0 Å². The SMILES string of the molecule is CCOc1ccc(-n2c(SCC(=O)NN=CC=Cc3ccco3)nc3sc4c(c3c2=O)CCCC4)cc1. The third-order valence-corrected chi connectivity index (χ3v) is 7.97. The minimum absolute atomic E-state index is 0.0549. The molecule has 1 N–H and O–H groups in total. The number of aromatic nitrogens is 2. The van der Waals surface area contributed by atoms with Crippen molar-refractivity contribution in [3.05, 3.63) is 75.3 Å². The van der Waals surface area contributed by atoms with E-state index in [-0.39, 0.29) is 17.2 Å². The van der Waals surface area contributed by atoms with Crippen molar-refractivity contribution in [2.75, 3.05) is 12.4 Å². The molecule has 190 valence electrons. The Balaban J connectivity index is 1.39. The number of hydrogen-bond donors (Lipinski definition) is 1. The Kier molecular flexibility index (Phi) is 7.86. The highest BCUT2D eigenvalue weighted by Crippen LogP contribution is 2.35. The van der Waals surface area contributed by atoms with Crippen LogP contribution >= 0.6 is 23.1 Å². The summed E-state index contributed by atoms with van der Waals surface area (Å²) in [5, 5.41) is 5.11. The van der Waals surface area contributed by atoms with Crippen molar-refractivity contribution in [2.45, 2.75) is 37.8 Å². The number of rotatable bonds is 9. The Morgan fingerprint density at radius 1 is 1.27 bits per heavy atom. The van der Waals surface area contributed by atoms with Gasteiger partial charge in [0.1, 0.15) is 16.3 Å². The summed E-state index contributed by atoms with van der Waals surface area (Å²) in [4.78, 5) is 33.1. The lowest BCUT2D eigenvalue weighted by Crippen LogP contribution is -2.24. The molecular weight excluding hydrogens is 508 g/mol. The molecule has 0 fully saturated rings. The molecule has 37 heavy (non-hydrogen) atoms. The molecule has 3 heterocycles. The molecule has 0 unspecified atom stereocenters. The molecule has 0 bridgehead atoms. The molecule has 1 amide bonds. The Labute approximate surface area is 222 Å². The minimum Gasteiger partial charge on any atom is -0.494 e. The Hall–Kier alpha value is -3.63. The largest absolute Gasteiger partial charge is 0.494 e. The molecule has 1 aromatic carbocycles. The summed E-state index contributed by atoms with van der Waals surface area (Å²) in [6.07, 6.45) is 10.6. The normalized spacial score (nSPS) is 13.4. The highest BCUT2D eigenvalue weighted by Gasteiger charge is 2.23. The topological polar surface area (TPSA) is 98.7 Å². The summed E-state index contributed by atoms with van der Waals surface area (Å²) in [5.41, 5.74) is 4.22. The number of hydrogen-bond acceptors (Lipinski definition) is 8. The zero-order chi connectivity index (χ0) is 25.6. The maximum Gasteiger partial charge on any atom is 0.267 e. The number of benzene rings is 1. The number of carbonyl (C=O) groups is 1. The molecule has 0 saturated carbocycles. The number of thiophene rings is 1. The van der Waals surface area contributed by atoms with Crippen molar-refractivity contribution in [1.82, 2.24) is 15.0 Å². The molecule has 3 aromatic heterocycles. The highest BCUT2D eigenvalue weighted by molar-refractivity contribution is 7.99. The standard InChI is InChI=1S/C27H26N4O4S2/c1-2-34-20-13-11-18(12-14-20)31-26(33)24-21-9-3-4-10-22(21)37-25(24)29-27(31)36-17-23(32)30-28-15-5-7-19-8-6-16-35-19/h5-8,11-16H,2-4,9-10,17H2,1H3,(H,30,32).